The molecule has 82 valence electrons. The summed E-state index contributed by atoms with van der Waals surface area (Å²) in [5.41, 5.74) is 0. The molecule has 0 radical (unpaired) electrons. The Labute approximate surface area is 88.4 Å². The van der Waals surface area contributed by atoms with E-state index >= 15 is 0 Å². The molecular weight excluding hydrogens is 196 g/mol. The van der Waals surface area contributed by atoms with Gasteiger partial charge >= 0.3 is 12.0 Å². The minimum absolute atomic E-state index is 0.0547. The molecule has 2 amide bonds. The first-order chi connectivity index (χ1) is 7.06. The fraction of sp³-hybridized carbons (Fsp3) is 0.600. The molecule has 1 atom stereocenters. The fourth-order valence-electron chi connectivity index (χ4n) is 1.43. The van der Waals surface area contributed by atoms with Crippen LogP contribution >= 0.6 is 0 Å². The third-order valence-electron chi connectivity index (χ3n) is 2.64. The number of carbonyl (C=O) groups excluding carboxylic acids is 1. The lowest BCUT2D eigenvalue weighted by molar-refractivity contribution is -0.144. The second kappa shape index (κ2) is 4.69. The Bertz CT molecular complexity index is 302. The van der Waals surface area contributed by atoms with Gasteiger partial charge in [-0.05, 0) is 0 Å². The van der Waals surface area contributed by atoms with Gasteiger partial charge in [0.05, 0.1) is 12.5 Å². The Morgan fingerprint density at radius 3 is 2.73 bits per heavy atom. The summed E-state index contributed by atoms with van der Waals surface area (Å²) in [5, 5.41) is 11.3. The van der Waals surface area contributed by atoms with Gasteiger partial charge in [-0.3, -0.25) is 4.79 Å². The summed E-state index contributed by atoms with van der Waals surface area (Å²) < 4.78 is 0. The van der Waals surface area contributed by atoms with Gasteiger partial charge in [-0.1, -0.05) is 12.8 Å². The molecule has 0 aliphatic carbocycles. The molecule has 5 nitrogen and oxygen atoms in total. The number of terminal acetylenes is 1. The third kappa shape index (κ3) is 2.62. The standard InChI is InChI=1S/C10H14N2O3/c1-3-4-11-10(15)12-5-8(6-12)7(2)9(13)14/h1,7-8H,4-6H2,2H3,(H,11,15)(H,13,14). The van der Waals surface area contributed by atoms with Crippen LogP contribution < -0.4 is 5.32 Å². The Balaban J connectivity index is 2.28. The van der Waals surface area contributed by atoms with Crippen molar-refractivity contribution in [2.24, 2.45) is 11.8 Å². The number of rotatable bonds is 3. The second-order valence-corrected chi connectivity index (χ2v) is 3.65. The van der Waals surface area contributed by atoms with Crippen molar-refractivity contribution in [1.29, 1.82) is 0 Å². The summed E-state index contributed by atoms with van der Waals surface area (Å²) in [6, 6.07) is -0.221. The van der Waals surface area contributed by atoms with E-state index in [0.717, 1.165) is 0 Å². The molecule has 0 aromatic carbocycles. The predicted octanol–water partition coefficient (Wildman–Crippen LogP) is -0.0183. The maximum absolute atomic E-state index is 11.3. The van der Waals surface area contributed by atoms with E-state index in [2.05, 4.69) is 11.2 Å². The normalized spacial score (nSPS) is 17.5. The van der Waals surface area contributed by atoms with Crippen molar-refractivity contribution in [2.45, 2.75) is 6.92 Å². The van der Waals surface area contributed by atoms with E-state index in [-0.39, 0.29) is 18.5 Å². The molecule has 0 bridgehead atoms. The zero-order valence-corrected chi connectivity index (χ0v) is 8.56. The molecule has 0 aromatic heterocycles. The first kappa shape index (κ1) is 11.4. The number of nitrogens with one attached hydrogen (secondary N) is 1. The van der Waals surface area contributed by atoms with E-state index in [1.807, 2.05) is 0 Å². The summed E-state index contributed by atoms with van der Waals surface area (Å²) in [6.07, 6.45) is 4.99. The van der Waals surface area contributed by atoms with Crippen molar-refractivity contribution in [3.8, 4) is 12.3 Å². The average Bonchev–Trinajstić information content (AvgIpc) is 2.11. The molecule has 1 heterocycles. The van der Waals surface area contributed by atoms with Gasteiger partial charge in [0.1, 0.15) is 0 Å². The number of likely N-dealkylation sites (tertiary alicyclic amines) is 1. The highest BCUT2D eigenvalue weighted by Crippen LogP contribution is 2.23. The van der Waals surface area contributed by atoms with Crippen LogP contribution in [0.1, 0.15) is 6.92 Å². The topological polar surface area (TPSA) is 69.6 Å². The van der Waals surface area contributed by atoms with Crippen LogP contribution in [-0.2, 0) is 4.79 Å². The minimum atomic E-state index is -0.816. The Kier molecular flexibility index (Phi) is 3.56. The van der Waals surface area contributed by atoms with Crippen LogP contribution in [0.2, 0.25) is 0 Å². The highest BCUT2D eigenvalue weighted by atomic mass is 16.4. The number of urea groups is 1. The highest BCUT2D eigenvalue weighted by Gasteiger charge is 2.36. The van der Waals surface area contributed by atoms with Crippen molar-refractivity contribution in [3.05, 3.63) is 0 Å². The SMILES string of the molecule is C#CCNC(=O)N1CC(C(C)C(=O)O)C1. The molecule has 2 N–H and O–H groups in total. The van der Waals surface area contributed by atoms with Crippen molar-refractivity contribution < 1.29 is 14.7 Å². The molecule has 15 heavy (non-hydrogen) atoms. The van der Waals surface area contributed by atoms with Crippen LogP contribution in [0.4, 0.5) is 4.79 Å². The molecular formula is C10H14N2O3. The molecule has 0 saturated carbocycles. The Morgan fingerprint density at radius 1 is 1.67 bits per heavy atom. The number of hydrogen-bond acceptors (Lipinski definition) is 2. The molecule has 1 saturated heterocycles. The number of nitrogens with zero attached hydrogens (tertiary/aromatic N) is 1. The van der Waals surface area contributed by atoms with Gasteiger partial charge in [-0.2, -0.15) is 0 Å². The summed E-state index contributed by atoms with van der Waals surface area (Å²) in [6.45, 7) is 2.84. The highest BCUT2D eigenvalue weighted by molar-refractivity contribution is 5.76. The van der Waals surface area contributed by atoms with Crippen LogP contribution in [-0.4, -0.2) is 41.6 Å². The van der Waals surface area contributed by atoms with E-state index in [1.165, 1.54) is 0 Å². The Hall–Kier alpha value is -1.70. The second-order valence-electron chi connectivity index (χ2n) is 3.65. The number of carboxylic acids is 1. The number of hydrogen-bond donors (Lipinski definition) is 2. The Morgan fingerprint density at radius 2 is 2.27 bits per heavy atom. The maximum Gasteiger partial charge on any atom is 0.318 e. The summed E-state index contributed by atoms with van der Waals surface area (Å²) in [4.78, 5) is 23.5. The average molecular weight is 210 g/mol. The number of amides is 2. The number of carboxylic acid groups (broad SMARTS) is 1. The van der Waals surface area contributed by atoms with Gasteiger partial charge in [0.15, 0.2) is 0 Å². The molecule has 1 aliphatic heterocycles. The lowest BCUT2D eigenvalue weighted by Crippen LogP contribution is -2.56. The first-order valence-corrected chi connectivity index (χ1v) is 4.75. The van der Waals surface area contributed by atoms with Gasteiger partial charge in [0, 0.05) is 19.0 Å². The van der Waals surface area contributed by atoms with Crippen molar-refractivity contribution in [1.82, 2.24) is 10.2 Å². The van der Waals surface area contributed by atoms with Crippen LogP contribution in [0.3, 0.4) is 0 Å². The maximum atomic E-state index is 11.3. The van der Waals surface area contributed by atoms with E-state index in [9.17, 15) is 9.59 Å². The lowest BCUT2D eigenvalue weighted by atomic mass is 9.87. The number of aliphatic carboxylic acids is 1. The van der Waals surface area contributed by atoms with Crippen LogP contribution in [0.25, 0.3) is 0 Å². The molecule has 5 heteroatoms. The van der Waals surface area contributed by atoms with E-state index < -0.39 is 11.9 Å². The monoisotopic (exact) mass is 210 g/mol. The van der Waals surface area contributed by atoms with Gasteiger partial charge in [0.2, 0.25) is 0 Å². The van der Waals surface area contributed by atoms with Crippen LogP contribution in [0.15, 0.2) is 0 Å². The smallest absolute Gasteiger partial charge is 0.318 e. The van der Waals surface area contributed by atoms with Gasteiger partial charge in [0.25, 0.3) is 0 Å². The van der Waals surface area contributed by atoms with Crippen LogP contribution in [0, 0.1) is 24.2 Å². The quantitative estimate of drug-likeness (QED) is 0.643. The van der Waals surface area contributed by atoms with Gasteiger partial charge < -0.3 is 15.3 Å². The van der Waals surface area contributed by atoms with E-state index in [1.54, 1.807) is 11.8 Å². The summed E-state index contributed by atoms with van der Waals surface area (Å²) >= 11 is 0. The summed E-state index contributed by atoms with van der Waals surface area (Å²) in [5.74, 6) is 1.14. The molecule has 1 unspecified atom stereocenters. The van der Waals surface area contributed by atoms with E-state index in [4.69, 9.17) is 11.5 Å². The zero-order valence-electron chi connectivity index (χ0n) is 8.56. The first-order valence-electron chi connectivity index (χ1n) is 4.75. The summed E-state index contributed by atoms with van der Waals surface area (Å²) in [7, 11) is 0. The van der Waals surface area contributed by atoms with Crippen LogP contribution in [0.5, 0.6) is 0 Å². The predicted molar refractivity (Wildman–Crippen MR) is 54.1 cm³/mol. The van der Waals surface area contributed by atoms with Gasteiger partial charge in [-0.25, -0.2) is 4.79 Å². The van der Waals surface area contributed by atoms with Crippen molar-refractivity contribution in [3.63, 3.8) is 0 Å². The molecule has 0 spiro atoms. The molecule has 0 aromatic rings. The van der Waals surface area contributed by atoms with Crippen molar-refractivity contribution >= 4 is 12.0 Å². The fourth-order valence-corrected chi connectivity index (χ4v) is 1.43. The van der Waals surface area contributed by atoms with Crippen molar-refractivity contribution in [2.75, 3.05) is 19.6 Å². The lowest BCUT2D eigenvalue weighted by Gasteiger charge is -2.40. The van der Waals surface area contributed by atoms with Gasteiger partial charge in [-0.15, -0.1) is 6.42 Å². The third-order valence-corrected chi connectivity index (χ3v) is 2.64. The molecule has 1 fully saturated rings. The minimum Gasteiger partial charge on any atom is -0.481 e. The molecule has 1 rings (SSSR count). The largest absolute Gasteiger partial charge is 0.481 e. The zero-order chi connectivity index (χ0) is 11.4. The molecule has 1 aliphatic rings. The van der Waals surface area contributed by atoms with E-state index in [0.29, 0.717) is 13.1 Å². The number of carbonyl (C=O) groups is 2.